The van der Waals surface area contributed by atoms with Crippen molar-refractivity contribution in [3.05, 3.63) is 78.0 Å². The highest BCUT2D eigenvalue weighted by Crippen LogP contribution is 2.26. The summed E-state index contributed by atoms with van der Waals surface area (Å²) in [5.74, 6) is 1.36. The normalized spacial score (nSPS) is 11.0. The number of aryl methyl sites for hydroxylation is 2. The van der Waals surface area contributed by atoms with Crippen molar-refractivity contribution in [2.45, 2.75) is 20.3 Å². The third-order valence-electron chi connectivity index (χ3n) is 5.18. The van der Waals surface area contributed by atoms with Crippen molar-refractivity contribution >= 4 is 28.8 Å². The second kappa shape index (κ2) is 8.54. The molecule has 0 saturated carbocycles. The van der Waals surface area contributed by atoms with Crippen LogP contribution in [0.25, 0.3) is 28.1 Å². The Kier molecular flexibility index (Phi) is 5.27. The zero-order chi connectivity index (χ0) is 22.8. The van der Waals surface area contributed by atoms with E-state index >= 15 is 0 Å². The molecule has 1 N–H and O–H groups in total. The number of carbonyl (C=O) groups is 1. The standard InChI is InChI=1S/C24H20N8O/c1-15-3-7-22(31-30-15)27-19-5-6-21-20(12-19)25-14-32(21)23-8-4-17(9-10-33)24(28-23)18-11-16(2)29-26-13-18/h3-8,10-14H,9H2,1-2H3,(H,27,31). The van der Waals surface area contributed by atoms with Gasteiger partial charge in [-0.3, -0.25) is 4.57 Å². The summed E-state index contributed by atoms with van der Waals surface area (Å²) in [5.41, 5.74) is 6.56. The molecule has 33 heavy (non-hydrogen) atoms. The molecule has 5 rings (SSSR count). The number of aromatic nitrogens is 7. The molecular weight excluding hydrogens is 416 g/mol. The van der Waals surface area contributed by atoms with Crippen LogP contribution in [-0.4, -0.2) is 41.2 Å². The number of imidazole rings is 1. The maximum absolute atomic E-state index is 11.2. The Bertz CT molecular complexity index is 1460. The number of carbonyl (C=O) groups excluding carboxylic acids is 1. The van der Waals surface area contributed by atoms with E-state index in [0.29, 0.717) is 17.3 Å². The lowest BCUT2D eigenvalue weighted by Gasteiger charge is -2.11. The van der Waals surface area contributed by atoms with Crippen molar-refractivity contribution in [3.63, 3.8) is 0 Å². The molecule has 162 valence electrons. The van der Waals surface area contributed by atoms with Gasteiger partial charge in [-0.15, -0.1) is 5.10 Å². The Morgan fingerprint density at radius 1 is 0.970 bits per heavy atom. The number of nitrogens with zero attached hydrogens (tertiary/aromatic N) is 7. The van der Waals surface area contributed by atoms with E-state index in [2.05, 4.69) is 30.7 Å². The zero-order valence-corrected chi connectivity index (χ0v) is 18.1. The summed E-state index contributed by atoms with van der Waals surface area (Å²) in [4.78, 5) is 20.6. The minimum Gasteiger partial charge on any atom is -0.339 e. The number of benzene rings is 1. The highest BCUT2D eigenvalue weighted by atomic mass is 16.1. The van der Waals surface area contributed by atoms with E-state index in [1.165, 1.54) is 0 Å². The van der Waals surface area contributed by atoms with Crippen LogP contribution in [0.1, 0.15) is 17.0 Å². The quantitative estimate of drug-likeness (QED) is 0.401. The second-order valence-corrected chi connectivity index (χ2v) is 7.64. The highest BCUT2D eigenvalue weighted by Gasteiger charge is 2.13. The Balaban J connectivity index is 1.53. The number of anilines is 2. The molecule has 0 aliphatic heterocycles. The lowest BCUT2D eigenvalue weighted by molar-refractivity contribution is -0.107. The first-order chi connectivity index (χ1) is 16.1. The van der Waals surface area contributed by atoms with Gasteiger partial charge in [-0.25, -0.2) is 9.97 Å². The van der Waals surface area contributed by atoms with Gasteiger partial charge in [-0.05, 0) is 61.9 Å². The van der Waals surface area contributed by atoms with Crippen molar-refractivity contribution in [1.29, 1.82) is 0 Å². The van der Waals surface area contributed by atoms with Gasteiger partial charge < -0.3 is 10.1 Å². The molecule has 5 aromatic rings. The van der Waals surface area contributed by atoms with E-state index in [-0.39, 0.29) is 6.42 Å². The first-order valence-corrected chi connectivity index (χ1v) is 10.4. The van der Waals surface area contributed by atoms with E-state index in [9.17, 15) is 4.79 Å². The smallest absolute Gasteiger partial charge is 0.153 e. The van der Waals surface area contributed by atoms with Gasteiger partial charge in [0, 0.05) is 17.7 Å². The summed E-state index contributed by atoms with van der Waals surface area (Å²) in [7, 11) is 0. The van der Waals surface area contributed by atoms with Crippen LogP contribution in [-0.2, 0) is 11.2 Å². The Labute approximate surface area is 189 Å². The third-order valence-corrected chi connectivity index (χ3v) is 5.18. The van der Waals surface area contributed by atoms with Gasteiger partial charge in [0.15, 0.2) is 5.82 Å². The highest BCUT2D eigenvalue weighted by molar-refractivity contribution is 5.82. The molecule has 0 amide bonds. The predicted octanol–water partition coefficient (Wildman–Crippen LogP) is 3.77. The van der Waals surface area contributed by atoms with Gasteiger partial charge in [-0.1, -0.05) is 6.07 Å². The molecule has 4 heterocycles. The van der Waals surface area contributed by atoms with Crippen molar-refractivity contribution in [2.75, 3.05) is 5.32 Å². The largest absolute Gasteiger partial charge is 0.339 e. The van der Waals surface area contributed by atoms with Gasteiger partial charge in [-0.2, -0.15) is 15.3 Å². The Morgan fingerprint density at radius 3 is 2.67 bits per heavy atom. The Hall–Kier alpha value is -4.53. The first kappa shape index (κ1) is 20.4. The minimum atomic E-state index is 0.269. The van der Waals surface area contributed by atoms with E-state index < -0.39 is 0 Å². The molecule has 4 aromatic heterocycles. The summed E-state index contributed by atoms with van der Waals surface area (Å²) in [6.07, 6.45) is 4.54. The fourth-order valence-electron chi connectivity index (χ4n) is 3.61. The zero-order valence-electron chi connectivity index (χ0n) is 18.1. The monoisotopic (exact) mass is 436 g/mol. The molecule has 0 aliphatic carbocycles. The van der Waals surface area contributed by atoms with E-state index in [1.807, 2.05) is 66.9 Å². The van der Waals surface area contributed by atoms with Crippen LogP contribution < -0.4 is 5.32 Å². The first-order valence-electron chi connectivity index (χ1n) is 10.4. The molecule has 0 saturated heterocycles. The van der Waals surface area contributed by atoms with Gasteiger partial charge in [0.05, 0.1) is 34.3 Å². The average Bonchev–Trinajstić information content (AvgIpc) is 3.24. The number of rotatable bonds is 6. The van der Waals surface area contributed by atoms with Crippen LogP contribution in [0.15, 0.2) is 61.1 Å². The maximum Gasteiger partial charge on any atom is 0.153 e. The third kappa shape index (κ3) is 4.16. The molecule has 1 aromatic carbocycles. The SMILES string of the molecule is Cc1cc(-c2nc(-n3cnc4cc(Nc5ccc(C)nn5)ccc43)ccc2CC=O)cnn1. The van der Waals surface area contributed by atoms with Crippen LogP contribution in [0, 0.1) is 13.8 Å². The van der Waals surface area contributed by atoms with Gasteiger partial charge in [0.2, 0.25) is 0 Å². The molecule has 0 radical (unpaired) electrons. The predicted molar refractivity (Wildman–Crippen MR) is 124 cm³/mol. The molecular formula is C24H20N8O. The van der Waals surface area contributed by atoms with Crippen LogP contribution in [0.5, 0.6) is 0 Å². The summed E-state index contributed by atoms with van der Waals surface area (Å²) < 4.78 is 1.92. The van der Waals surface area contributed by atoms with Crippen molar-refractivity contribution < 1.29 is 4.79 Å². The molecule has 0 spiro atoms. The second-order valence-electron chi connectivity index (χ2n) is 7.64. The van der Waals surface area contributed by atoms with Gasteiger partial charge in [0.25, 0.3) is 0 Å². The average molecular weight is 436 g/mol. The summed E-state index contributed by atoms with van der Waals surface area (Å²) >= 11 is 0. The number of nitrogens with one attached hydrogen (secondary N) is 1. The van der Waals surface area contributed by atoms with Crippen LogP contribution in [0.2, 0.25) is 0 Å². The van der Waals surface area contributed by atoms with Crippen molar-refractivity contribution in [2.24, 2.45) is 0 Å². The minimum absolute atomic E-state index is 0.269. The summed E-state index contributed by atoms with van der Waals surface area (Å²) in [5, 5.41) is 19.5. The number of hydrogen-bond donors (Lipinski definition) is 1. The number of pyridine rings is 1. The molecule has 0 unspecified atom stereocenters. The number of aldehydes is 1. The van der Waals surface area contributed by atoms with E-state index in [0.717, 1.165) is 45.5 Å². The lowest BCUT2D eigenvalue weighted by atomic mass is 10.1. The number of hydrogen-bond acceptors (Lipinski definition) is 8. The van der Waals surface area contributed by atoms with Gasteiger partial charge in [0.1, 0.15) is 18.4 Å². The van der Waals surface area contributed by atoms with Crippen LogP contribution in [0.4, 0.5) is 11.5 Å². The topological polar surface area (TPSA) is 111 Å². The summed E-state index contributed by atoms with van der Waals surface area (Å²) in [6, 6.07) is 15.4. The molecule has 0 fully saturated rings. The van der Waals surface area contributed by atoms with E-state index in [4.69, 9.17) is 4.98 Å². The van der Waals surface area contributed by atoms with Crippen molar-refractivity contribution in [1.82, 2.24) is 34.9 Å². The van der Waals surface area contributed by atoms with Crippen LogP contribution in [0.3, 0.4) is 0 Å². The van der Waals surface area contributed by atoms with E-state index in [1.54, 1.807) is 12.5 Å². The Morgan fingerprint density at radius 2 is 1.88 bits per heavy atom. The number of fused-ring (bicyclic) bond motifs is 1. The molecule has 9 nitrogen and oxygen atoms in total. The van der Waals surface area contributed by atoms with Gasteiger partial charge >= 0.3 is 0 Å². The molecule has 9 heteroatoms. The fourth-order valence-corrected chi connectivity index (χ4v) is 3.61. The maximum atomic E-state index is 11.2. The molecule has 0 atom stereocenters. The fraction of sp³-hybridized carbons (Fsp3) is 0.125. The molecule has 0 bridgehead atoms. The van der Waals surface area contributed by atoms with Crippen LogP contribution >= 0.6 is 0 Å². The summed E-state index contributed by atoms with van der Waals surface area (Å²) in [6.45, 7) is 3.77. The van der Waals surface area contributed by atoms with Crippen molar-refractivity contribution in [3.8, 4) is 17.1 Å². The molecule has 0 aliphatic rings. The lowest BCUT2D eigenvalue weighted by Crippen LogP contribution is -2.02.